The zero-order valence-electron chi connectivity index (χ0n) is 10.1. The number of hydrogen-bond donors (Lipinski definition) is 3. The van der Waals surface area contributed by atoms with Gasteiger partial charge in [-0.25, -0.2) is 9.78 Å². The Morgan fingerprint density at radius 2 is 2.29 bits per heavy atom. The van der Waals surface area contributed by atoms with Crippen LogP contribution in [-0.4, -0.2) is 47.6 Å². The van der Waals surface area contributed by atoms with Gasteiger partial charge in [-0.05, 0) is 25.7 Å². The van der Waals surface area contributed by atoms with Crippen LogP contribution in [0.15, 0.2) is 12.1 Å². The van der Waals surface area contributed by atoms with Crippen molar-refractivity contribution in [3.05, 3.63) is 17.8 Å². The average molecular weight is 238 g/mol. The quantitative estimate of drug-likeness (QED) is 0.676. The van der Waals surface area contributed by atoms with Gasteiger partial charge in [0, 0.05) is 13.1 Å². The summed E-state index contributed by atoms with van der Waals surface area (Å²) in [6, 6.07) is 2.93. The second-order valence-electron chi connectivity index (χ2n) is 3.76. The molecule has 0 atom stereocenters. The number of nitrogens with two attached hydrogens (primary N) is 1. The van der Waals surface area contributed by atoms with Gasteiger partial charge in [0.2, 0.25) is 0 Å². The molecule has 1 rings (SSSR count). The second-order valence-corrected chi connectivity index (χ2v) is 3.76. The van der Waals surface area contributed by atoms with E-state index in [2.05, 4.69) is 22.1 Å². The number of anilines is 2. The maximum atomic E-state index is 10.8. The Kier molecular flexibility index (Phi) is 4.71. The summed E-state index contributed by atoms with van der Waals surface area (Å²) in [5, 5.41) is 11.8. The van der Waals surface area contributed by atoms with Gasteiger partial charge >= 0.3 is 5.97 Å². The number of rotatable bonds is 6. The first kappa shape index (κ1) is 13.2. The molecule has 0 radical (unpaired) electrons. The molecule has 4 N–H and O–H groups in total. The highest BCUT2D eigenvalue weighted by Gasteiger charge is 2.08. The minimum absolute atomic E-state index is 0.00875. The van der Waals surface area contributed by atoms with E-state index in [1.165, 1.54) is 6.07 Å². The third-order valence-corrected chi connectivity index (χ3v) is 2.47. The summed E-state index contributed by atoms with van der Waals surface area (Å²) in [5.74, 6) is -0.631. The van der Waals surface area contributed by atoms with E-state index in [1.54, 1.807) is 6.07 Å². The first-order valence-electron chi connectivity index (χ1n) is 5.46. The van der Waals surface area contributed by atoms with Crippen molar-refractivity contribution in [3.8, 4) is 0 Å². The predicted octanol–water partition coefficient (Wildman–Crippen LogP) is 0.726. The maximum Gasteiger partial charge on any atom is 0.354 e. The van der Waals surface area contributed by atoms with E-state index in [1.807, 2.05) is 7.05 Å². The third-order valence-electron chi connectivity index (χ3n) is 2.47. The number of likely N-dealkylation sites (N-methyl/N-ethyl adjacent to an activating group) is 1. The van der Waals surface area contributed by atoms with E-state index >= 15 is 0 Å². The van der Waals surface area contributed by atoms with Gasteiger partial charge in [-0.1, -0.05) is 6.92 Å². The van der Waals surface area contributed by atoms with Crippen LogP contribution in [0.3, 0.4) is 0 Å². The van der Waals surface area contributed by atoms with Gasteiger partial charge in [0.25, 0.3) is 0 Å². The molecule has 0 unspecified atom stereocenters. The molecule has 0 aliphatic carbocycles. The summed E-state index contributed by atoms with van der Waals surface area (Å²) in [5.41, 5.74) is 6.15. The van der Waals surface area contributed by atoms with Crippen LogP contribution in [0.2, 0.25) is 0 Å². The highest BCUT2D eigenvalue weighted by atomic mass is 16.4. The number of aromatic carboxylic acids is 1. The van der Waals surface area contributed by atoms with Gasteiger partial charge in [0.15, 0.2) is 5.69 Å². The smallest absolute Gasteiger partial charge is 0.354 e. The SMILES string of the molecule is CCN(C)CCNc1nc(C(=O)O)ccc1N. The Hall–Kier alpha value is -1.82. The number of carbonyl (C=O) groups is 1. The molecule has 1 heterocycles. The molecule has 0 saturated carbocycles. The molecule has 0 aliphatic rings. The Morgan fingerprint density at radius 3 is 2.88 bits per heavy atom. The van der Waals surface area contributed by atoms with Crippen molar-refractivity contribution in [2.75, 3.05) is 37.7 Å². The summed E-state index contributed by atoms with van der Waals surface area (Å²) in [4.78, 5) is 16.8. The first-order chi connectivity index (χ1) is 8.04. The van der Waals surface area contributed by atoms with Crippen molar-refractivity contribution in [1.82, 2.24) is 9.88 Å². The largest absolute Gasteiger partial charge is 0.477 e. The van der Waals surface area contributed by atoms with Crippen LogP contribution in [0.5, 0.6) is 0 Å². The fraction of sp³-hybridized carbons (Fsp3) is 0.455. The van der Waals surface area contributed by atoms with Gasteiger partial charge in [0.1, 0.15) is 5.82 Å². The van der Waals surface area contributed by atoms with E-state index in [-0.39, 0.29) is 5.69 Å². The zero-order valence-corrected chi connectivity index (χ0v) is 10.1. The molecule has 1 aromatic rings. The molecule has 6 heteroatoms. The lowest BCUT2D eigenvalue weighted by Gasteiger charge is -2.15. The molecule has 0 bridgehead atoms. The second kappa shape index (κ2) is 6.05. The maximum absolute atomic E-state index is 10.8. The number of carboxylic acids is 1. The lowest BCUT2D eigenvalue weighted by atomic mass is 10.3. The van der Waals surface area contributed by atoms with Crippen LogP contribution in [0.1, 0.15) is 17.4 Å². The molecule has 0 aliphatic heterocycles. The van der Waals surface area contributed by atoms with Crippen molar-refractivity contribution in [1.29, 1.82) is 0 Å². The van der Waals surface area contributed by atoms with E-state index < -0.39 is 5.97 Å². The summed E-state index contributed by atoms with van der Waals surface area (Å²) in [6.45, 7) is 4.54. The van der Waals surface area contributed by atoms with Crippen LogP contribution in [0, 0.1) is 0 Å². The number of aromatic nitrogens is 1. The predicted molar refractivity (Wildman–Crippen MR) is 67.3 cm³/mol. The Morgan fingerprint density at radius 1 is 1.59 bits per heavy atom. The number of nitrogens with one attached hydrogen (secondary N) is 1. The minimum Gasteiger partial charge on any atom is -0.477 e. The minimum atomic E-state index is -1.06. The molecule has 0 fully saturated rings. The molecule has 94 valence electrons. The van der Waals surface area contributed by atoms with Crippen molar-refractivity contribution in [3.63, 3.8) is 0 Å². The standard InChI is InChI=1S/C11H18N4O2/c1-3-15(2)7-6-13-10-8(12)4-5-9(14-10)11(16)17/h4-5H,3,6-7,12H2,1-2H3,(H,13,14)(H,16,17). The van der Waals surface area contributed by atoms with Crippen LogP contribution < -0.4 is 11.1 Å². The summed E-state index contributed by atoms with van der Waals surface area (Å²) in [6.07, 6.45) is 0. The monoisotopic (exact) mass is 238 g/mol. The fourth-order valence-corrected chi connectivity index (χ4v) is 1.25. The Labute approximate surface area is 100 Å². The number of pyridine rings is 1. The first-order valence-corrected chi connectivity index (χ1v) is 5.46. The lowest BCUT2D eigenvalue weighted by Crippen LogP contribution is -2.25. The average Bonchev–Trinajstić information content (AvgIpc) is 2.30. The van der Waals surface area contributed by atoms with Crippen molar-refractivity contribution >= 4 is 17.5 Å². The molecule has 6 nitrogen and oxygen atoms in total. The third kappa shape index (κ3) is 3.92. The Balaban J connectivity index is 2.63. The molecule has 0 aromatic carbocycles. The lowest BCUT2D eigenvalue weighted by molar-refractivity contribution is 0.0690. The molecule has 1 aromatic heterocycles. The van der Waals surface area contributed by atoms with Crippen LogP contribution >= 0.6 is 0 Å². The van der Waals surface area contributed by atoms with E-state index in [0.717, 1.165) is 13.1 Å². The van der Waals surface area contributed by atoms with Gasteiger partial charge in [-0.2, -0.15) is 0 Å². The summed E-state index contributed by atoms with van der Waals surface area (Å²) in [7, 11) is 2.01. The molecule has 0 spiro atoms. The van der Waals surface area contributed by atoms with Crippen LogP contribution in [0.4, 0.5) is 11.5 Å². The summed E-state index contributed by atoms with van der Waals surface area (Å²) < 4.78 is 0. The van der Waals surface area contributed by atoms with E-state index in [4.69, 9.17) is 10.8 Å². The highest BCUT2D eigenvalue weighted by molar-refractivity contribution is 5.86. The highest BCUT2D eigenvalue weighted by Crippen LogP contribution is 2.15. The molecular weight excluding hydrogens is 220 g/mol. The van der Waals surface area contributed by atoms with Gasteiger partial charge in [0.05, 0.1) is 5.69 Å². The molecule has 0 amide bonds. The fourth-order valence-electron chi connectivity index (χ4n) is 1.25. The number of carboxylic acid groups (broad SMARTS) is 1. The normalized spacial score (nSPS) is 10.5. The van der Waals surface area contributed by atoms with Crippen molar-refractivity contribution in [2.45, 2.75) is 6.92 Å². The number of nitrogens with zero attached hydrogens (tertiary/aromatic N) is 2. The van der Waals surface area contributed by atoms with E-state index in [9.17, 15) is 4.79 Å². The molecule has 0 saturated heterocycles. The van der Waals surface area contributed by atoms with Crippen molar-refractivity contribution < 1.29 is 9.90 Å². The molecular formula is C11H18N4O2. The topological polar surface area (TPSA) is 91.5 Å². The van der Waals surface area contributed by atoms with Crippen LogP contribution in [-0.2, 0) is 0 Å². The van der Waals surface area contributed by atoms with Crippen LogP contribution in [0.25, 0.3) is 0 Å². The number of hydrogen-bond acceptors (Lipinski definition) is 5. The van der Waals surface area contributed by atoms with Gasteiger partial charge in [-0.15, -0.1) is 0 Å². The molecule has 17 heavy (non-hydrogen) atoms. The Bertz CT molecular complexity index is 395. The van der Waals surface area contributed by atoms with Gasteiger partial charge < -0.3 is 21.1 Å². The number of nitrogen functional groups attached to an aromatic ring is 1. The van der Waals surface area contributed by atoms with Gasteiger partial charge in [-0.3, -0.25) is 0 Å². The zero-order chi connectivity index (χ0) is 12.8. The van der Waals surface area contributed by atoms with Crippen molar-refractivity contribution in [2.24, 2.45) is 0 Å². The van der Waals surface area contributed by atoms with E-state index in [0.29, 0.717) is 18.1 Å². The summed E-state index contributed by atoms with van der Waals surface area (Å²) >= 11 is 0.